The summed E-state index contributed by atoms with van der Waals surface area (Å²) in [5.74, 6) is 1.69. The van der Waals surface area contributed by atoms with Crippen molar-refractivity contribution in [3.63, 3.8) is 0 Å². The van der Waals surface area contributed by atoms with E-state index in [1.807, 2.05) is 19.1 Å². The first-order valence-electron chi connectivity index (χ1n) is 9.80. The Labute approximate surface area is 155 Å². The topological polar surface area (TPSA) is 55.8 Å². The summed E-state index contributed by atoms with van der Waals surface area (Å²) in [5.41, 5.74) is 3.89. The Morgan fingerprint density at radius 3 is 2.85 bits per heavy atom. The molecule has 4 rings (SSSR count). The largest absolute Gasteiger partial charge is 0.504 e. The Morgan fingerprint density at radius 2 is 2.12 bits per heavy atom. The number of hydrogen-bond donors (Lipinski definition) is 1. The van der Waals surface area contributed by atoms with Crippen LogP contribution < -0.4 is 4.74 Å². The van der Waals surface area contributed by atoms with Crippen molar-refractivity contribution in [2.75, 3.05) is 6.61 Å². The lowest BCUT2D eigenvalue weighted by Crippen LogP contribution is -2.41. The highest BCUT2D eigenvalue weighted by Gasteiger charge is 2.53. The maximum atomic E-state index is 11.5. The number of ether oxygens (including phenoxy) is 2. The molecule has 0 heterocycles. The molecule has 0 aliphatic heterocycles. The Hall–Kier alpha value is -1.97. The van der Waals surface area contributed by atoms with Gasteiger partial charge in [-0.3, -0.25) is 4.79 Å². The molecule has 1 aromatic rings. The number of carbonyl (C=O) groups is 1. The second-order valence-electron chi connectivity index (χ2n) is 8.21. The average Bonchev–Trinajstić information content (AvgIpc) is 2.92. The van der Waals surface area contributed by atoms with Gasteiger partial charge in [-0.2, -0.15) is 0 Å². The van der Waals surface area contributed by atoms with Gasteiger partial charge in [0.25, 0.3) is 0 Å². The SMILES string of the molecule is CCOc1cc2c(cc1O)CCC1C2=CCC2(C)C1CC[C@@H]2OC(C)=O. The van der Waals surface area contributed by atoms with Gasteiger partial charge in [-0.1, -0.05) is 13.0 Å². The molecule has 3 aliphatic carbocycles. The summed E-state index contributed by atoms with van der Waals surface area (Å²) in [6.07, 6.45) is 7.47. The number of phenolic OH excluding ortho intramolecular Hbond substituents is 1. The van der Waals surface area contributed by atoms with E-state index in [4.69, 9.17) is 9.47 Å². The molecule has 1 saturated carbocycles. The van der Waals surface area contributed by atoms with E-state index >= 15 is 0 Å². The number of rotatable bonds is 3. The van der Waals surface area contributed by atoms with Crippen molar-refractivity contribution in [2.45, 2.75) is 59.0 Å². The first-order chi connectivity index (χ1) is 12.4. The molecule has 1 N–H and O–H groups in total. The van der Waals surface area contributed by atoms with Gasteiger partial charge in [-0.05, 0) is 79.7 Å². The molecule has 0 amide bonds. The van der Waals surface area contributed by atoms with Crippen LogP contribution in [-0.4, -0.2) is 23.8 Å². The van der Waals surface area contributed by atoms with Crippen molar-refractivity contribution >= 4 is 11.5 Å². The van der Waals surface area contributed by atoms with Gasteiger partial charge in [-0.25, -0.2) is 0 Å². The monoisotopic (exact) mass is 356 g/mol. The molecule has 0 spiro atoms. The van der Waals surface area contributed by atoms with Crippen molar-refractivity contribution in [2.24, 2.45) is 17.3 Å². The smallest absolute Gasteiger partial charge is 0.302 e. The molecule has 26 heavy (non-hydrogen) atoms. The minimum atomic E-state index is -0.169. The zero-order chi connectivity index (χ0) is 18.5. The van der Waals surface area contributed by atoms with Crippen molar-refractivity contribution in [3.8, 4) is 11.5 Å². The van der Waals surface area contributed by atoms with Gasteiger partial charge >= 0.3 is 5.97 Å². The maximum absolute atomic E-state index is 11.5. The van der Waals surface area contributed by atoms with Crippen LogP contribution >= 0.6 is 0 Å². The van der Waals surface area contributed by atoms with Crippen molar-refractivity contribution in [1.82, 2.24) is 0 Å². The van der Waals surface area contributed by atoms with Crippen LogP contribution in [0.4, 0.5) is 0 Å². The number of esters is 1. The molecular formula is C22H28O4. The van der Waals surface area contributed by atoms with E-state index in [9.17, 15) is 9.90 Å². The van der Waals surface area contributed by atoms with Gasteiger partial charge in [0, 0.05) is 12.3 Å². The third-order valence-corrected chi connectivity index (χ3v) is 6.80. The van der Waals surface area contributed by atoms with E-state index in [1.165, 1.54) is 23.6 Å². The Morgan fingerprint density at radius 1 is 1.31 bits per heavy atom. The fourth-order valence-electron chi connectivity index (χ4n) is 5.60. The Kier molecular flexibility index (Phi) is 4.25. The van der Waals surface area contributed by atoms with Crippen molar-refractivity contribution in [1.29, 1.82) is 0 Å². The van der Waals surface area contributed by atoms with Crippen molar-refractivity contribution < 1.29 is 19.4 Å². The van der Waals surface area contributed by atoms with Gasteiger partial charge in [0.05, 0.1) is 6.61 Å². The Balaban J connectivity index is 1.70. The molecule has 140 valence electrons. The number of allylic oxidation sites excluding steroid dienone is 2. The Bertz CT molecular complexity index is 766. The molecule has 4 atom stereocenters. The van der Waals surface area contributed by atoms with E-state index in [-0.39, 0.29) is 23.2 Å². The van der Waals surface area contributed by atoms with Crippen LogP contribution in [0.3, 0.4) is 0 Å². The number of benzene rings is 1. The fourth-order valence-corrected chi connectivity index (χ4v) is 5.60. The number of fused-ring (bicyclic) bond motifs is 5. The van der Waals surface area contributed by atoms with E-state index in [2.05, 4.69) is 13.0 Å². The summed E-state index contributed by atoms with van der Waals surface area (Å²) >= 11 is 0. The molecule has 0 radical (unpaired) electrons. The van der Waals surface area contributed by atoms with E-state index in [0.29, 0.717) is 24.2 Å². The summed E-state index contributed by atoms with van der Waals surface area (Å²) in [4.78, 5) is 11.5. The van der Waals surface area contributed by atoms with E-state index < -0.39 is 0 Å². The minimum Gasteiger partial charge on any atom is -0.504 e. The second kappa shape index (κ2) is 6.33. The van der Waals surface area contributed by atoms with Gasteiger partial charge in [0.1, 0.15) is 6.10 Å². The predicted molar refractivity (Wildman–Crippen MR) is 100 cm³/mol. The summed E-state index contributed by atoms with van der Waals surface area (Å²) in [5, 5.41) is 10.2. The molecule has 3 unspecified atom stereocenters. The average molecular weight is 356 g/mol. The first kappa shape index (κ1) is 17.4. The van der Waals surface area contributed by atoms with Gasteiger partial charge < -0.3 is 14.6 Å². The number of phenols is 1. The van der Waals surface area contributed by atoms with Crippen LogP contribution in [-0.2, 0) is 16.0 Å². The maximum Gasteiger partial charge on any atom is 0.302 e. The lowest BCUT2D eigenvalue weighted by Gasteiger charge is -2.46. The van der Waals surface area contributed by atoms with Crippen molar-refractivity contribution in [3.05, 3.63) is 29.3 Å². The molecule has 4 heteroatoms. The van der Waals surface area contributed by atoms with Gasteiger partial charge in [-0.15, -0.1) is 0 Å². The van der Waals surface area contributed by atoms with Gasteiger partial charge in [0.2, 0.25) is 0 Å². The molecule has 1 aromatic carbocycles. The number of carbonyl (C=O) groups excluding carboxylic acids is 1. The van der Waals surface area contributed by atoms with Crippen LogP contribution in [0.15, 0.2) is 18.2 Å². The highest BCUT2D eigenvalue weighted by Crippen LogP contribution is 2.59. The molecular weight excluding hydrogens is 328 g/mol. The molecule has 4 nitrogen and oxygen atoms in total. The highest BCUT2D eigenvalue weighted by atomic mass is 16.5. The lowest BCUT2D eigenvalue weighted by molar-refractivity contribution is -0.152. The van der Waals surface area contributed by atoms with Crippen LogP contribution in [0.1, 0.15) is 57.6 Å². The van der Waals surface area contributed by atoms with Crippen LogP contribution in [0.5, 0.6) is 11.5 Å². The number of hydrogen-bond acceptors (Lipinski definition) is 4. The van der Waals surface area contributed by atoms with Crippen LogP contribution in [0, 0.1) is 17.3 Å². The molecule has 1 fully saturated rings. The fraction of sp³-hybridized carbons (Fsp3) is 0.591. The molecule has 0 bridgehead atoms. The summed E-state index contributed by atoms with van der Waals surface area (Å²) < 4.78 is 11.3. The second-order valence-corrected chi connectivity index (χ2v) is 8.21. The van der Waals surface area contributed by atoms with E-state index in [1.54, 1.807) is 0 Å². The number of aromatic hydroxyl groups is 1. The third kappa shape index (κ3) is 2.62. The molecule has 0 saturated heterocycles. The van der Waals surface area contributed by atoms with E-state index in [0.717, 1.165) is 32.1 Å². The zero-order valence-corrected chi connectivity index (χ0v) is 15.9. The molecule has 0 aromatic heterocycles. The molecule has 3 aliphatic rings. The summed E-state index contributed by atoms with van der Waals surface area (Å²) in [7, 11) is 0. The quantitative estimate of drug-likeness (QED) is 0.811. The predicted octanol–water partition coefficient (Wildman–Crippen LogP) is 4.49. The van der Waals surface area contributed by atoms with Gasteiger partial charge in [0.15, 0.2) is 11.5 Å². The number of aryl methyl sites for hydroxylation is 1. The lowest BCUT2D eigenvalue weighted by atomic mass is 9.60. The standard InChI is InChI=1S/C22H28O4/c1-4-25-20-12-17-14(11-19(20)24)5-6-16-15(17)9-10-22(3)18(16)7-8-21(22)26-13(2)23/h9,11-12,16,18,21,24H,4-8,10H2,1-3H3/t16?,18?,21-,22?/m0/s1. The summed E-state index contributed by atoms with van der Waals surface area (Å²) in [6, 6.07) is 3.90. The third-order valence-electron chi connectivity index (χ3n) is 6.80. The van der Waals surface area contributed by atoms with Crippen LogP contribution in [0.25, 0.3) is 5.57 Å². The highest BCUT2D eigenvalue weighted by molar-refractivity contribution is 5.75. The zero-order valence-electron chi connectivity index (χ0n) is 15.9. The summed E-state index contributed by atoms with van der Waals surface area (Å²) in [6.45, 7) is 6.28. The first-order valence-corrected chi connectivity index (χ1v) is 9.80. The normalized spacial score (nSPS) is 32.1. The minimum absolute atomic E-state index is 0.0306. The van der Waals surface area contributed by atoms with Crippen LogP contribution in [0.2, 0.25) is 0 Å².